The number of furan rings is 1. The maximum absolute atomic E-state index is 12.1. The summed E-state index contributed by atoms with van der Waals surface area (Å²) in [5.74, 6) is -0.172. The summed E-state index contributed by atoms with van der Waals surface area (Å²) in [4.78, 5) is 23.8. The highest BCUT2D eigenvalue weighted by atomic mass is 79.9. The zero-order chi connectivity index (χ0) is 18.5. The van der Waals surface area contributed by atoms with E-state index >= 15 is 0 Å². The molecule has 6 heteroatoms. The second kappa shape index (κ2) is 8.01. The van der Waals surface area contributed by atoms with Gasteiger partial charge in [-0.2, -0.15) is 0 Å². The fourth-order valence-corrected chi connectivity index (χ4v) is 2.78. The quantitative estimate of drug-likeness (QED) is 0.470. The molecule has 0 saturated carbocycles. The fraction of sp³-hybridized carbons (Fsp3) is 0.100. The summed E-state index contributed by atoms with van der Waals surface area (Å²) in [7, 11) is 0. The Morgan fingerprint density at radius 3 is 2.85 bits per heavy atom. The van der Waals surface area contributed by atoms with Gasteiger partial charge in [0, 0.05) is 21.6 Å². The van der Waals surface area contributed by atoms with Crippen molar-refractivity contribution in [1.82, 2.24) is 0 Å². The van der Waals surface area contributed by atoms with E-state index in [2.05, 4.69) is 21.2 Å². The smallest absolute Gasteiger partial charge is 0.338 e. The van der Waals surface area contributed by atoms with Crippen molar-refractivity contribution >= 4 is 50.5 Å². The van der Waals surface area contributed by atoms with E-state index in [4.69, 9.17) is 9.15 Å². The van der Waals surface area contributed by atoms with Crippen LogP contribution in [0.15, 0.2) is 63.5 Å². The van der Waals surface area contributed by atoms with Crippen LogP contribution in [0.5, 0.6) is 0 Å². The summed E-state index contributed by atoms with van der Waals surface area (Å²) < 4.78 is 11.6. The Balaban J connectivity index is 1.68. The Kier molecular flexibility index (Phi) is 5.53. The lowest BCUT2D eigenvalue weighted by Crippen LogP contribution is -2.09. The highest BCUT2D eigenvalue weighted by Gasteiger charge is 2.08. The zero-order valence-electron chi connectivity index (χ0n) is 14.0. The highest BCUT2D eigenvalue weighted by Crippen LogP contribution is 2.24. The number of ether oxygens (including phenoxy) is 1. The average Bonchev–Trinajstić information content (AvgIpc) is 3.02. The van der Waals surface area contributed by atoms with E-state index in [0.717, 1.165) is 15.4 Å². The van der Waals surface area contributed by atoms with Crippen LogP contribution in [0, 0.1) is 0 Å². The summed E-state index contributed by atoms with van der Waals surface area (Å²) in [6, 6.07) is 14.1. The van der Waals surface area contributed by atoms with Gasteiger partial charge in [0.1, 0.15) is 11.3 Å². The van der Waals surface area contributed by atoms with E-state index < -0.39 is 5.97 Å². The molecule has 132 valence electrons. The van der Waals surface area contributed by atoms with Crippen molar-refractivity contribution in [2.75, 3.05) is 11.9 Å². The second-order valence-electron chi connectivity index (χ2n) is 5.45. The number of carbonyl (C=O) groups is 2. The molecule has 0 aliphatic rings. The summed E-state index contributed by atoms with van der Waals surface area (Å²) in [5, 5.41) is 3.66. The van der Waals surface area contributed by atoms with Gasteiger partial charge in [0.05, 0.1) is 12.2 Å². The van der Waals surface area contributed by atoms with E-state index in [1.807, 2.05) is 24.3 Å². The molecule has 1 aromatic heterocycles. The maximum atomic E-state index is 12.1. The second-order valence-corrected chi connectivity index (χ2v) is 6.37. The molecule has 0 saturated heterocycles. The van der Waals surface area contributed by atoms with Crippen molar-refractivity contribution in [2.24, 2.45) is 0 Å². The molecule has 1 amide bonds. The molecule has 26 heavy (non-hydrogen) atoms. The molecule has 0 atom stereocenters. The summed E-state index contributed by atoms with van der Waals surface area (Å²) in [6.45, 7) is 2.04. The first-order chi connectivity index (χ1) is 12.5. The molecular formula is C20H16BrNO4. The summed E-state index contributed by atoms with van der Waals surface area (Å²) in [6.07, 6.45) is 2.97. The van der Waals surface area contributed by atoms with Gasteiger partial charge < -0.3 is 14.5 Å². The number of hydrogen-bond acceptors (Lipinski definition) is 4. The first-order valence-corrected chi connectivity index (χ1v) is 8.80. The third-order valence-corrected chi connectivity index (χ3v) is 4.03. The van der Waals surface area contributed by atoms with Crippen LogP contribution in [-0.4, -0.2) is 18.5 Å². The molecule has 5 nitrogen and oxygen atoms in total. The molecule has 0 fully saturated rings. The summed E-state index contributed by atoms with van der Waals surface area (Å²) >= 11 is 3.41. The monoisotopic (exact) mass is 413 g/mol. The number of amides is 1. The van der Waals surface area contributed by atoms with Gasteiger partial charge in [-0.15, -0.1) is 0 Å². The molecule has 0 aliphatic heterocycles. The minimum absolute atomic E-state index is 0.298. The third kappa shape index (κ3) is 4.40. The fourth-order valence-electron chi connectivity index (χ4n) is 2.40. The topological polar surface area (TPSA) is 68.5 Å². The lowest BCUT2D eigenvalue weighted by atomic mass is 10.2. The number of fused-ring (bicyclic) bond motifs is 1. The van der Waals surface area contributed by atoms with Crippen LogP contribution in [0.4, 0.5) is 5.69 Å². The van der Waals surface area contributed by atoms with E-state index in [1.54, 1.807) is 37.3 Å². The summed E-state index contributed by atoms with van der Waals surface area (Å²) in [5.41, 5.74) is 1.64. The number of nitrogens with one attached hydrogen (secondary N) is 1. The van der Waals surface area contributed by atoms with E-state index in [1.165, 1.54) is 6.08 Å². The minimum atomic E-state index is -0.424. The minimum Gasteiger partial charge on any atom is -0.462 e. The Bertz CT molecular complexity index is 990. The van der Waals surface area contributed by atoms with Crippen LogP contribution in [0.25, 0.3) is 17.0 Å². The van der Waals surface area contributed by atoms with Gasteiger partial charge in [0.2, 0.25) is 5.91 Å². The van der Waals surface area contributed by atoms with Crippen molar-refractivity contribution in [3.63, 3.8) is 0 Å². The standard InChI is InChI=1S/C20H16BrNO4/c1-2-25-20(24)13-4-3-5-16(11-13)22-19(23)9-7-17-12-14-10-15(21)6-8-18(14)26-17/h3-12H,2H2,1H3,(H,22,23). The molecule has 0 radical (unpaired) electrons. The molecule has 2 aromatic carbocycles. The van der Waals surface area contributed by atoms with Crippen molar-refractivity contribution < 1.29 is 18.7 Å². The van der Waals surface area contributed by atoms with Crippen LogP contribution in [-0.2, 0) is 9.53 Å². The molecule has 0 spiro atoms. The zero-order valence-corrected chi connectivity index (χ0v) is 15.6. The number of esters is 1. The number of anilines is 1. The van der Waals surface area contributed by atoms with E-state index in [-0.39, 0.29) is 5.91 Å². The number of halogens is 1. The van der Waals surface area contributed by atoms with E-state index in [0.29, 0.717) is 23.6 Å². The first-order valence-electron chi connectivity index (χ1n) is 8.00. The number of hydrogen-bond donors (Lipinski definition) is 1. The lowest BCUT2D eigenvalue weighted by Gasteiger charge is -2.05. The number of benzene rings is 2. The van der Waals surface area contributed by atoms with Gasteiger partial charge in [0.25, 0.3) is 0 Å². The molecule has 3 aromatic rings. The van der Waals surface area contributed by atoms with Crippen LogP contribution < -0.4 is 5.32 Å². The number of carbonyl (C=O) groups excluding carboxylic acids is 2. The van der Waals surface area contributed by atoms with Gasteiger partial charge in [-0.05, 0) is 55.5 Å². The Morgan fingerprint density at radius 2 is 2.04 bits per heavy atom. The van der Waals surface area contributed by atoms with Crippen LogP contribution >= 0.6 is 15.9 Å². The van der Waals surface area contributed by atoms with Crippen LogP contribution in [0.1, 0.15) is 23.0 Å². The van der Waals surface area contributed by atoms with Crippen molar-refractivity contribution in [3.05, 3.63) is 70.4 Å². The van der Waals surface area contributed by atoms with Gasteiger partial charge in [-0.1, -0.05) is 22.0 Å². The SMILES string of the molecule is CCOC(=O)c1cccc(NC(=O)C=Cc2cc3cc(Br)ccc3o2)c1. The van der Waals surface area contributed by atoms with Crippen molar-refractivity contribution in [3.8, 4) is 0 Å². The lowest BCUT2D eigenvalue weighted by molar-refractivity contribution is -0.111. The molecule has 0 bridgehead atoms. The predicted molar refractivity (Wildman–Crippen MR) is 104 cm³/mol. The normalized spacial score (nSPS) is 11.0. The van der Waals surface area contributed by atoms with Gasteiger partial charge in [-0.25, -0.2) is 4.79 Å². The van der Waals surface area contributed by atoms with Crippen molar-refractivity contribution in [2.45, 2.75) is 6.92 Å². The maximum Gasteiger partial charge on any atom is 0.338 e. The largest absolute Gasteiger partial charge is 0.462 e. The van der Waals surface area contributed by atoms with Gasteiger partial charge in [0.15, 0.2) is 0 Å². The number of rotatable bonds is 5. The van der Waals surface area contributed by atoms with Crippen molar-refractivity contribution in [1.29, 1.82) is 0 Å². The predicted octanol–water partition coefficient (Wildman–Crippen LogP) is 5.02. The van der Waals surface area contributed by atoms with E-state index in [9.17, 15) is 9.59 Å². The Hall–Kier alpha value is -2.86. The van der Waals surface area contributed by atoms with Gasteiger partial charge >= 0.3 is 5.97 Å². The molecule has 3 rings (SSSR count). The Morgan fingerprint density at radius 1 is 1.19 bits per heavy atom. The van der Waals surface area contributed by atoms with Gasteiger partial charge in [-0.3, -0.25) is 4.79 Å². The molecule has 1 heterocycles. The molecule has 0 aliphatic carbocycles. The van der Waals surface area contributed by atoms with Crippen LogP contribution in [0.3, 0.4) is 0 Å². The average molecular weight is 414 g/mol. The molecule has 1 N–H and O–H groups in total. The van der Waals surface area contributed by atoms with Crippen LogP contribution in [0.2, 0.25) is 0 Å². The highest BCUT2D eigenvalue weighted by molar-refractivity contribution is 9.10. The molecular weight excluding hydrogens is 398 g/mol. The first kappa shape index (κ1) is 17.9. The third-order valence-electron chi connectivity index (χ3n) is 3.54. The Labute approximate surface area is 158 Å². The molecule has 0 unspecified atom stereocenters.